The summed E-state index contributed by atoms with van der Waals surface area (Å²) < 4.78 is 27.4. The zero-order chi connectivity index (χ0) is 20.4. The number of aromatic nitrogens is 1. The lowest BCUT2D eigenvalue weighted by atomic mass is 10.1. The molecule has 0 radical (unpaired) electrons. The van der Waals surface area contributed by atoms with Gasteiger partial charge < -0.3 is 0 Å². The number of hydrogen-bond acceptors (Lipinski definition) is 6. The van der Waals surface area contributed by atoms with E-state index in [4.69, 9.17) is 0 Å². The second kappa shape index (κ2) is 7.86. The molecule has 0 bridgehead atoms. The minimum Gasteiger partial charge on any atom is -0.273 e. The second-order valence-electron chi connectivity index (χ2n) is 6.46. The zero-order valence-corrected chi connectivity index (χ0v) is 16.9. The Kier molecular flexibility index (Phi) is 5.27. The third-order valence-corrected chi connectivity index (χ3v) is 6.90. The molecule has 3 aromatic rings. The van der Waals surface area contributed by atoms with Crippen LogP contribution in [0.2, 0.25) is 0 Å². The molecule has 0 saturated carbocycles. The minimum absolute atomic E-state index is 0.169. The molecule has 3 heterocycles. The lowest BCUT2D eigenvalue weighted by Crippen LogP contribution is -2.31. The first-order valence-corrected chi connectivity index (χ1v) is 11.2. The molecule has 1 aromatic carbocycles. The fourth-order valence-corrected chi connectivity index (χ4v) is 4.80. The van der Waals surface area contributed by atoms with Crippen LogP contribution in [0, 0.1) is 0 Å². The summed E-state index contributed by atoms with van der Waals surface area (Å²) >= 11 is 1.48. The average molecular weight is 428 g/mol. The molecule has 0 aliphatic carbocycles. The van der Waals surface area contributed by atoms with Crippen molar-refractivity contribution in [3.8, 4) is 0 Å². The number of benzene rings is 1. The van der Waals surface area contributed by atoms with E-state index < -0.39 is 15.9 Å². The maximum atomic E-state index is 12.4. The lowest BCUT2D eigenvalue weighted by molar-refractivity contribution is 0.0654. The molecule has 0 spiro atoms. The van der Waals surface area contributed by atoms with Gasteiger partial charge in [0, 0.05) is 24.2 Å². The highest BCUT2D eigenvalue weighted by atomic mass is 32.2. The average Bonchev–Trinajstić information content (AvgIpc) is 3.33. The molecule has 1 N–H and O–H groups in total. The highest BCUT2D eigenvalue weighted by molar-refractivity contribution is 7.89. The van der Waals surface area contributed by atoms with Gasteiger partial charge in [-0.2, -0.15) is 0 Å². The summed E-state index contributed by atoms with van der Waals surface area (Å²) in [5.41, 5.74) is 1.32. The Morgan fingerprint density at radius 2 is 1.79 bits per heavy atom. The van der Waals surface area contributed by atoms with Crippen molar-refractivity contribution in [2.75, 3.05) is 6.54 Å². The number of amides is 2. The van der Waals surface area contributed by atoms with E-state index in [1.807, 2.05) is 17.5 Å². The molecule has 1 aliphatic heterocycles. The summed E-state index contributed by atoms with van der Waals surface area (Å²) in [5, 5.41) is 1.89. The molecule has 7 nitrogen and oxygen atoms in total. The molecule has 0 unspecified atom stereocenters. The van der Waals surface area contributed by atoms with Crippen molar-refractivity contribution >= 4 is 33.2 Å². The first kappa shape index (κ1) is 19.4. The van der Waals surface area contributed by atoms with Crippen LogP contribution in [-0.4, -0.2) is 36.7 Å². The van der Waals surface area contributed by atoms with Gasteiger partial charge in [0.1, 0.15) is 5.69 Å². The summed E-state index contributed by atoms with van der Waals surface area (Å²) in [7, 11) is -3.61. The normalized spacial score (nSPS) is 13.7. The molecule has 1 aliphatic rings. The first-order chi connectivity index (χ1) is 14.0. The first-order valence-electron chi connectivity index (χ1n) is 8.88. The van der Waals surface area contributed by atoms with Crippen LogP contribution in [0.3, 0.4) is 0 Å². The number of hydrogen-bond donors (Lipinski definition) is 1. The van der Waals surface area contributed by atoms with Crippen molar-refractivity contribution in [2.45, 2.75) is 17.9 Å². The Morgan fingerprint density at radius 3 is 2.48 bits per heavy atom. The van der Waals surface area contributed by atoms with Crippen LogP contribution >= 0.6 is 11.3 Å². The highest BCUT2D eigenvalue weighted by Gasteiger charge is 2.36. The molecule has 2 aromatic heterocycles. The molecule has 148 valence electrons. The fourth-order valence-electron chi connectivity index (χ4n) is 3.06. The maximum Gasteiger partial charge on any atom is 0.280 e. The fraction of sp³-hybridized carbons (Fsp3) is 0.150. The molecule has 4 rings (SSSR count). The summed E-state index contributed by atoms with van der Waals surface area (Å²) in [6.07, 6.45) is 1.91. The van der Waals surface area contributed by atoms with E-state index in [0.717, 1.165) is 10.4 Å². The van der Waals surface area contributed by atoms with Crippen LogP contribution in [-0.2, 0) is 23.0 Å². The van der Waals surface area contributed by atoms with E-state index in [1.165, 1.54) is 34.6 Å². The van der Waals surface area contributed by atoms with Crippen LogP contribution in [0.25, 0.3) is 0 Å². The third-order valence-electron chi connectivity index (χ3n) is 4.61. The standard InChI is InChI=1S/C20H17N3O4S2/c24-19-17-4-1-10-21-18(17)20(25)23(19)11-9-14-5-7-16(8-6-14)29(26,27)22-13-15-3-2-12-28-15/h1-8,10,12,22H,9,11,13H2. The quantitative estimate of drug-likeness (QED) is 0.585. The van der Waals surface area contributed by atoms with Crippen LogP contribution in [0.5, 0.6) is 0 Å². The molecular formula is C20H17N3O4S2. The number of nitrogens with zero attached hydrogens (tertiary/aromatic N) is 2. The van der Waals surface area contributed by atoms with Crippen LogP contribution < -0.4 is 4.72 Å². The Morgan fingerprint density at radius 1 is 1.00 bits per heavy atom. The number of carbonyl (C=O) groups excluding carboxylic acids is 2. The predicted molar refractivity (Wildman–Crippen MR) is 108 cm³/mol. The molecule has 29 heavy (non-hydrogen) atoms. The summed E-state index contributed by atoms with van der Waals surface area (Å²) in [4.78, 5) is 31.0. The van der Waals surface area contributed by atoms with Crippen molar-refractivity contribution in [3.05, 3.63) is 81.8 Å². The number of rotatable bonds is 7. The predicted octanol–water partition coefficient (Wildman–Crippen LogP) is 2.46. The smallest absolute Gasteiger partial charge is 0.273 e. The van der Waals surface area contributed by atoms with Crippen molar-refractivity contribution in [1.82, 2.24) is 14.6 Å². The van der Waals surface area contributed by atoms with Gasteiger partial charge in [0.15, 0.2) is 0 Å². The van der Waals surface area contributed by atoms with Gasteiger partial charge >= 0.3 is 0 Å². The minimum atomic E-state index is -3.61. The van der Waals surface area contributed by atoms with E-state index in [2.05, 4.69) is 9.71 Å². The topological polar surface area (TPSA) is 96.4 Å². The van der Waals surface area contributed by atoms with Crippen molar-refractivity contribution in [1.29, 1.82) is 0 Å². The van der Waals surface area contributed by atoms with Crippen molar-refractivity contribution < 1.29 is 18.0 Å². The molecule has 0 atom stereocenters. The van der Waals surface area contributed by atoms with Gasteiger partial charge in [0.25, 0.3) is 11.8 Å². The number of carbonyl (C=O) groups is 2. The molecular weight excluding hydrogens is 410 g/mol. The molecule has 0 fully saturated rings. The van der Waals surface area contributed by atoms with E-state index in [-0.39, 0.29) is 29.6 Å². The van der Waals surface area contributed by atoms with E-state index in [0.29, 0.717) is 12.0 Å². The zero-order valence-electron chi connectivity index (χ0n) is 15.2. The molecule has 9 heteroatoms. The van der Waals surface area contributed by atoms with Crippen LogP contribution in [0.15, 0.2) is 65.0 Å². The van der Waals surface area contributed by atoms with Gasteiger partial charge in [-0.25, -0.2) is 13.1 Å². The summed E-state index contributed by atoms with van der Waals surface area (Å²) in [5.74, 6) is -0.752. The molecule has 0 saturated heterocycles. The van der Waals surface area contributed by atoms with Gasteiger partial charge in [0.05, 0.1) is 10.5 Å². The van der Waals surface area contributed by atoms with E-state index >= 15 is 0 Å². The summed E-state index contributed by atoms with van der Waals surface area (Å²) in [6, 6.07) is 13.4. The Bertz CT molecular complexity index is 1120. The lowest BCUT2D eigenvalue weighted by Gasteiger charge is -2.13. The van der Waals surface area contributed by atoms with Crippen molar-refractivity contribution in [2.24, 2.45) is 0 Å². The second-order valence-corrected chi connectivity index (χ2v) is 9.26. The van der Waals surface area contributed by atoms with Crippen LogP contribution in [0.4, 0.5) is 0 Å². The Balaban J connectivity index is 1.39. The van der Waals surface area contributed by atoms with Crippen LogP contribution in [0.1, 0.15) is 31.3 Å². The number of pyridine rings is 1. The van der Waals surface area contributed by atoms with Crippen molar-refractivity contribution in [3.63, 3.8) is 0 Å². The van der Waals surface area contributed by atoms with E-state index in [9.17, 15) is 18.0 Å². The Hall–Kier alpha value is -2.88. The molecule has 2 amide bonds. The third kappa shape index (κ3) is 3.98. The number of imide groups is 1. The Labute approximate surface area is 172 Å². The van der Waals surface area contributed by atoms with Gasteiger partial charge in [-0.15, -0.1) is 11.3 Å². The van der Waals surface area contributed by atoms with Gasteiger partial charge in [-0.3, -0.25) is 19.5 Å². The maximum absolute atomic E-state index is 12.4. The number of sulfonamides is 1. The largest absolute Gasteiger partial charge is 0.280 e. The van der Waals surface area contributed by atoms with Gasteiger partial charge in [-0.05, 0) is 47.7 Å². The number of thiophene rings is 1. The monoisotopic (exact) mass is 427 g/mol. The van der Waals surface area contributed by atoms with Gasteiger partial charge in [-0.1, -0.05) is 18.2 Å². The highest BCUT2D eigenvalue weighted by Crippen LogP contribution is 2.21. The number of fused-ring (bicyclic) bond motifs is 1. The van der Waals surface area contributed by atoms with Gasteiger partial charge in [0.2, 0.25) is 10.0 Å². The number of nitrogens with one attached hydrogen (secondary N) is 1. The van der Waals surface area contributed by atoms with E-state index in [1.54, 1.807) is 24.3 Å². The SMILES string of the molecule is O=C1c2cccnc2C(=O)N1CCc1ccc(S(=O)(=O)NCc2cccs2)cc1. The summed E-state index contributed by atoms with van der Waals surface area (Å²) in [6.45, 7) is 0.451.